The van der Waals surface area contributed by atoms with Crippen LogP contribution in [0.15, 0.2) is 41.5 Å². The first kappa shape index (κ1) is 23.4. The average molecular weight is 485 g/mol. The summed E-state index contributed by atoms with van der Waals surface area (Å²) in [6, 6.07) is 10.2. The molecule has 0 aliphatic heterocycles. The van der Waals surface area contributed by atoms with Crippen LogP contribution in [0.3, 0.4) is 0 Å². The number of halogens is 1. The van der Waals surface area contributed by atoms with Gasteiger partial charge in [0.1, 0.15) is 0 Å². The van der Waals surface area contributed by atoms with E-state index in [1.54, 1.807) is 14.2 Å². The second-order valence-electron chi connectivity index (χ2n) is 6.79. The molecule has 0 fully saturated rings. The Kier molecular flexibility index (Phi) is 9.79. The van der Waals surface area contributed by atoms with Crippen LogP contribution in [0.5, 0.6) is 0 Å². The van der Waals surface area contributed by atoms with E-state index in [2.05, 4.69) is 52.5 Å². The normalized spacial score (nSPS) is 12.6. The molecule has 0 spiro atoms. The Bertz CT molecular complexity index is 714. The van der Waals surface area contributed by atoms with E-state index >= 15 is 0 Å². The van der Waals surface area contributed by atoms with Gasteiger partial charge < -0.3 is 15.0 Å². The largest absolute Gasteiger partial charge is 0.375 e. The molecule has 1 heterocycles. The van der Waals surface area contributed by atoms with Crippen molar-refractivity contribution in [1.82, 2.24) is 20.0 Å². The minimum Gasteiger partial charge on any atom is -0.375 e. The highest BCUT2D eigenvalue weighted by Gasteiger charge is 2.16. The molecular formula is C20H32IN5O. The molecule has 1 atom stereocenters. The molecule has 0 saturated heterocycles. The van der Waals surface area contributed by atoms with Crippen molar-refractivity contribution in [2.24, 2.45) is 12.0 Å². The summed E-state index contributed by atoms with van der Waals surface area (Å²) < 4.78 is 7.51. The fourth-order valence-electron chi connectivity index (χ4n) is 3.07. The Morgan fingerprint density at radius 2 is 1.96 bits per heavy atom. The van der Waals surface area contributed by atoms with Crippen molar-refractivity contribution in [1.29, 1.82) is 0 Å². The number of nitrogens with zero attached hydrogens (tertiary/aromatic N) is 4. The fraction of sp³-hybridized carbons (Fsp3) is 0.500. The summed E-state index contributed by atoms with van der Waals surface area (Å²) in [7, 11) is 7.54. The number of methoxy groups -OCH3 is 1. The Hall–Kier alpha value is -1.61. The highest BCUT2D eigenvalue weighted by Crippen LogP contribution is 2.19. The van der Waals surface area contributed by atoms with E-state index in [1.807, 2.05) is 37.0 Å². The highest BCUT2D eigenvalue weighted by atomic mass is 127. The third-order valence-corrected chi connectivity index (χ3v) is 4.37. The van der Waals surface area contributed by atoms with Gasteiger partial charge in [-0.25, -0.2) is 0 Å². The molecule has 0 radical (unpaired) electrons. The molecule has 1 unspecified atom stereocenters. The summed E-state index contributed by atoms with van der Waals surface area (Å²) in [6.07, 6.45) is 2.06. The maximum atomic E-state index is 5.63. The number of ether oxygens (including phenoxy) is 1. The SMILES string of the molecule is CN=C(NCC(OC)c1ccccc1)N(C)Cc1cn(C)nc1C(C)C.I. The Labute approximate surface area is 180 Å². The molecule has 150 valence electrons. The van der Waals surface area contributed by atoms with E-state index < -0.39 is 0 Å². The van der Waals surface area contributed by atoms with E-state index in [4.69, 9.17) is 4.74 Å². The number of rotatable bonds is 7. The molecule has 0 aliphatic carbocycles. The summed E-state index contributed by atoms with van der Waals surface area (Å²) in [6.45, 7) is 5.75. The van der Waals surface area contributed by atoms with Crippen molar-refractivity contribution in [2.75, 3.05) is 27.7 Å². The van der Waals surface area contributed by atoms with Crippen LogP contribution in [0.2, 0.25) is 0 Å². The monoisotopic (exact) mass is 485 g/mol. The zero-order valence-electron chi connectivity index (χ0n) is 17.1. The van der Waals surface area contributed by atoms with Gasteiger partial charge in [-0.3, -0.25) is 9.67 Å². The fourth-order valence-corrected chi connectivity index (χ4v) is 3.07. The van der Waals surface area contributed by atoms with Gasteiger partial charge in [0.25, 0.3) is 0 Å². The molecule has 0 amide bonds. The van der Waals surface area contributed by atoms with Crippen molar-refractivity contribution in [3.63, 3.8) is 0 Å². The van der Waals surface area contributed by atoms with E-state index in [1.165, 1.54) is 5.56 Å². The summed E-state index contributed by atoms with van der Waals surface area (Å²) in [5.74, 6) is 1.23. The molecule has 7 heteroatoms. The number of hydrogen-bond donors (Lipinski definition) is 1. The zero-order valence-corrected chi connectivity index (χ0v) is 19.5. The maximum absolute atomic E-state index is 5.63. The van der Waals surface area contributed by atoms with Gasteiger partial charge in [-0.15, -0.1) is 24.0 Å². The third kappa shape index (κ3) is 6.49. The van der Waals surface area contributed by atoms with Crippen LogP contribution in [0.1, 0.15) is 42.7 Å². The summed E-state index contributed by atoms with van der Waals surface area (Å²) in [4.78, 5) is 6.53. The topological polar surface area (TPSA) is 54.7 Å². The summed E-state index contributed by atoms with van der Waals surface area (Å²) in [5, 5.41) is 8.00. The van der Waals surface area contributed by atoms with Crippen molar-refractivity contribution < 1.29 is 4.74 Å². The number of guanidine groups is 1. The van der Waals surface area contributed by atoms with Gasteiger partial charge in [0.2, 0.25) is 0 Å². The predicted molar refractivity (Wildman–Crippen MR) is 122 cm³/mol. The van der Waals surface area contributed by atoms with Crippen LogP contribution in [0.25, 0.3) is 0 Å². The van der Waals surface area contributed by atoms with E-state index in [9.17, 15) is 0 Å². The van der Waals surface area contributed by atoms with Crippen LogP contribution >= 0.6 is 24.0 Å². The van der Waals surface area contributed by atoms with Gasteiger partial charge in [0.15, 0.2) is 5.96 Å². The lowest BCUT2D eigenvalue weighted by atomic mass is 10.1. The van der Waals surface area contributed by atoms with Crippen LogP contribution in [0.4, 0.5) is 0 Å². The summed E-state index contributed by atoms with van der Waals surface area (Å²) in [5.41, 5.74) is 3.50. The number of nitrogens with one attached hydrogen (secondary N) is 1. The standard InChI is InChI=1S/C20H31N5O.HI/c1-15(2)19-17(14-25(5)23-19)13-24(4)20(21-3)22-12-18(26-6)16-10-8-7-9-11-16;/h7-11,14-15,18H,12-13H2,1-6H3,(H,21,22);1H. The Balaban J connectivity index is 0.00000364. The lowest BCUT2D eigenvalue weighted by Gasteiger charge is -2.24. The first-order valence-corrected chi connectivity index (χ1v) is 8.98. The second kappa shape index (κ2) is 11.3. The van der Waals surface area contributed by atoms with E-state index in [-0.39, 0.29) is 30.1 Å². The number of benzene rings is 1. The number of hydrogen-bond acceptors (Lipinski definition) is 3. The number of aryl methyl sites for hydroxylation is 1. The average Bonchev–Trinajstić information content (AvgIpc) is 3.00. The predicted octanol–water partition coefficient (Wildman–Crippen LogP) is 3.56. The van der Waals surface area contributed by atoms with Crippen molar-refractivity contribution >= 4 is 29.9 Å². The molecular weight excluding hydrogens is 453 g/mol. The maximum Gasteiger partial charge on any atom is 0.193 e. The molecule has 1 aromatic carbocycles. The lowest BCUT2D eigenvalue weighted by Crippen LogP contribution is -2.40. The van der Waals surface area contributed by atoms with Crippen LogP contribution in [0, 0.1) is 0 Å². The van der Waals surface area contributed by atoms with Gasteiger partial charge in [-0.1, -0.05) is 44.2 Å². The number of aromatic nitrogens is 2. The van der Waals surface area contributed by atoms with Crippen molar-refractivity contribution in [3.05, 3.63) is 53.3 Å². The molecule has 2 aromatic rings. The van der Waals surface area contributed by atoms with Crippen molar-refractivity contribution in [3.8, 4) is 0 Å². The van der Waals surface area contributed by atoms with Gasteiger partial charge in [-0.2, -0.15) is 5.10 Å². The van der Waals surface area contributed by atoms with Gasteiger partial charge >= 0.3 is 0 Å². The third-order valence-electron chi connectivity index (χ3n) is 4.37. The quantitative estimate of drug-likeness (QED) is 0.370. The zero-order chi connectivity index (χ0) is 19.1. The second-order valence-corrected chi connectivity index (χ2v) is 6.79. The van der Waals surface area contributed by atoms with E-state index in [0.29, 0.717) is 12.5 Å². The van der Waals surface area contributed by atoms with Crippen molar-refractivity contribution in [2.45, 2.75) is 32.4 Å². The van der Waals surface area contributed by atoms with Crippen LogP contribution in [-0.4, -0.2) is 48.4 Å². The van der Waals surface area contributed by atoms with Gasteiger partial charge in [0.05, 0.1) is 11.8 Å². The lowest BCUT2D eigenvalue weighted by molar-refractivity contribution is 0.106. The molecule has 6 nitrogen and oxygen atoms in total. The molecule has 2 rings (SSSR count). The Morgan fingerprint density at radius 3 is 2.52 bits per heavy atom. The smallest absolute Gasteiger partial charge is 0.193 e. The minimum absolute atomic E-state index is 0. The molecule has 1 N–H and O–H groups in total. The van der Waals surface area contributed by atoms with E-state index in [0.717, 1.165) is 23.8 Å². The highest BCUT2D eigenvalue weighted by molar-refractivity contribution is 14.0. The molecule has 0 saturated carbocycles. The molecule has 27 heavy (non-hydrogen) atoms. The number of aliphatic imine (C=N–C) groups is 1. The van der Waals surface area contributed by atoms with Crippen LogP contribution in [-0.2, 0) is 18.3 Å². The molecule has 1 aromatic heterocycles. The van der Waals surface area contributed by atoms with Gasteiger partial charge in [-0.05, 0) is 11.5 Å². The summed E-state index contributed by atoms with van der Waals surface area (Å²) >= 11 is 0. The molecule has 0 bridgehead atoms. The molecule has 0 aliphatic rings. The first-order chi connectivity index (χ1) is 12.5. The first-order valence-electron chi connectivity index (χ1n) is 8.98. The Morgan fingerprint density at radius 1 is 1.30 bits per heavy atom. The minimum atomic E-state index is -0.0223. The van der Waals surface area contributed by atoms with Gasteiger partial charge in [0, 0.05) is 53.1 Å². The van der Waals surface area contributed by atoms with Crippen LogP contribution < -0.4 is 5.32 Å².